The molecule has 0 amide bonds. The molecule has 1 heterocycles. The molecule has 0 aromatic carbocycles. The summed E-state index contributed by atoms with van der Waals surface area (Å²) in [7, 11) is 3.76. The lowest BCUT2D eigenvalue weighted by Gasteiger charge is -2.15. The molecule has 0 atom stereocenters. The number of carboxylic acid groups (broad SMARTS) is 1. The van der Waals surface area contributed by atoms with E-state index in [1.165, 1.54) is 10.6 Å². The Morgan fingerprint density at radius 2 is 2.12 bits per heavy atom. The highest BCUT2D eigenvalue weighted by Crippen LogP contribution is 2.14. The van der Waals surface area contributed by atoms with Crippen molar-refractivity contribution in [1.29, 1.82) is 0 Å². The van der Waals surface area contributed by atoms with Crippen LogP contribution < -0.4 is 5.56 Å². The summed E-state index contributed by atoms with van der Waals surface area (Å²) in [5.41, 5.74) is -0.218. The minimum atomic E-state index is -1.25. The first-order chi connectivity index (χ1) is 7.84. The van der Waals surface area contributed by atoms with E-state index >= 15 is 0 Å². The van der Waals surface area contributed by atoms with Crippen LogP contribution in [0.25, 0.3) is 0 Å². The van der Waals surface area contributed by atoms with E-state index < -0.39 is 11.5 Å². The van der Waals surface area contributed by atoms with Gasteiger partial charge in [-0.1, -0.05) is 11.6 Å². The summed E-state index contributed by atoms with van der Waals surface area (Å²) in [6, 6.07) is 1.20. The highest BCUT2D eigenvalue weighted by atomic mass is 35.5. The summed E-state index contributed by atoms with van der Waals surface area (Å²) in [6.07, 6.45) is 0. The minimum Gasteiger partial charge on any atom is -0.477 e. The van der Waals surface area contributed by atoms with Gasteiger partial charge in [0, 0.05) is 18.8 Å². The Kier molecular flexibility index (Phi) is 4.31. The van der Waals surface area contributed by atoms with Crippen LogP contribution in [-0.4, -0.2) is 41.2 Å². The van der Waals surface area contributed by atoms with E-state index in [0.29, 0.717) is 23.8 Å². The Morgan fingerprint density at radius 3 is 2.59 bits per heavy atom. The molecule has 0 fully saturated rings. The number of rotatable bonds is 4. The molecule has 0 aliphatic carbocycles. The van der Waals surface area contributed by atoms with Crippen LogP contribution in [0, 0.1) is 6.92 Å². The summed E-state index contributed by atoms with van der Waals surface area (Å²) in [5, 5.41) is 9.19. The number of aromatic nitrogens is 1. The highest BCUT2D eigenvalue weighted by molar-refractivity contribution is 6.31. The maximum Gasteiger partial charge on any atom is 0.341 e. The average Bonchev–Trinajstić information content (AvgIpc) is 2.22. The summed E-state index contributed by atoms with van der Waals surface area (Å²) in [6.45, 7) is 2.75. The average molecular weight is 259 g/mol. The number of aromatic carboxylic acids is 1. The van der Waals surface area contributed by atoms with E-state index in [4.69, 9.17) is 16.7 Å². The van der Waals surface area contributed by atoms with Crippen molar-refractivity contribution in [1.82, 2.24) is 9.47 Å². The Hall–Kier alpha value is -1.33. The molecular weight excluding hydrogens is 244 g/mol. The van der Waals surface area contributed by atoms with Gasteiger partial charge in [0.25, 0.3) is 5.56 Å². The molecule has 5 nitrogen and oxygen atoms in total. The zero-order valence-corrected chi connectivity index (χ0v) is 10.8. The fourth-order valence-corrected chi connectivity index (χ4v) is 1.65. The third kappa shape index (κ3) is 3.08. The molecule has 1 aromatic heterocycles. The normalized spacial score (nSPS) is 10.9. The van der Waals surface area contributed by atoms with E-state index in [-0.39, 0.29) is 5.56 Å². The van der Waals surface area contributed by atoms with E-state index in [2.05, 4.69) is 0 Å². The SMILES string of the molecule is Cc1c(Cl)cc(C(=O)O)c(=O)n1CCN(C)C. The second-order valence-corrected chi connectivity index (χ2v) is 4.46. The van der Waals surface area contributed by atoms with Gasteiger partial charge in [-0.15, -0.1) is 0 Å². The second-order valence-electron chi connectivity index (χ2n) is 4.06. The van der Waals surface area contributed by atoms with Crippen LogP contribution >= 0.6 is 11.6 Å². The first kappa shape index (κ1) is 13.7. The zero-order valence-electron chi connectivity index (χ0n) is 10.0. The van der Waals surface area contributed by atoms with Crippen LogP contribution in [0.2, 0.25) is 5.02 Å². The quantitative estimate of drug-likeness (QED) is 0.878. The van der Waals surface area contributed by atoms with Crippen LogP contribution in [0.5, 0.6) is 0 Å². The molecule has 17 heavy (non-hydrogen) atoms. The third-order valence-corrected chi connectivity index (χ3v) is 2.88. The Morgan fingerprint density at radius 1 is 1.53 bits per heavy atom. The van der Waals surface area contributed by atoms with Crippen molar-refractivity contribution in [3.8, 4) is 0 Å². The van der Waals surface area contributed by atoms with E-state index in [9.17, 15) is 9.59 Å². The monoisotopic (exact) mass is 258 g/mol. The molecule has 0 aliphatic rings. The lowest BCUT2D eigenvalue weighted by molar-refractivity contribution is 0.0694. The molecule has 1 aromatic rings. The minimum absolute atomic E-state index is 0.292. The molecule has 0 unspecified atom stereocenters. The number of pyridine rings is 1. The van der Waals surface area contributed by atoms with Gasteiger partial charge in [-0.05, 0) is 27.1 Å². The van der Waals surface area contributed by atoms with Crippen molar-refractivity contribution in [2.24, 2.45) is 0 Å². The van der Waals surface area contributed by atoms with Gasteiger partial charge in [0.05, 0.1) is 5.02 Å². The number of halogens is 1. The highest BCUT2D eigenvalue weighted by Gasteiger charge is 2.15. The molecule has 0 saturated carbocycles. The maximum atomic E-state index is 11.9. The molecule has 0 spiro atoms. The fraction of sp³-hybridized carbons (Fsp3) is 0.455. The zero-order chi connectivity index (χ0) is 13.2. The number of hydrogen-bond donors (Lipinski definition) is 1. The van der Waals surface area contributed by atoms with Gasteiger partial charge < -0.3 is 14.6 Å². The van der Waals surface area contributed by atoms with Gasteiger partial charge in [-0.25, -0.2) is 4.79 Å². The van der Waals surface area contributed by atoms with Gasteiger partial charge in [0.2, 0.25) is 0 Å². The lowest BCUT2D eigenvalue weighted by atomic mass is 10.2. The predicted octanol–water partition coefficient (Wildman–Crippen LogP) is 1.07. The fourth-order valence-electron chi connectivity index (χ4n) is 1.44. The topological polar surface area (TPSA) is 62.5 Å². The van der Waals surface area contributed by atoms with Gasteiger partial charge in [-0.3, -0.25) is 4.79 Å². The first-order valence-corrected chi connectivity index (χ1v) is 5.50. The number of carboxylic acids is 1. The van der Waals surface area contributed by atoms with Gasteiger partial charge in [0.15, 0.2) is 0 Å². The molecule has 0 aliphatic heterocycles. The second kappa shape index (κ2) is 5.33. The molecular formula is C11H15ClN2O3. The maximum absolute atomic E-state index is 11.9. The van der Waals surface area contributed by atoms with Gasteiger partial charge in [0.1, 0.15) is 5.56 Å². The van der Waals surface area contributed by atoms with E-state index in [0.717, 1.165) is 0 Å². The van der Waals surface area contributed by atoms with Crippen molar-refractivity contribution in [3.05, 3.63) is 32.7 Å². The van der Waals surface area contributed by atoms with Crippen LogP contribution in [-0.2, 0) is 6.54 Å². The van der Waals surface area contributed by atoms with Crippen LogP contribution in [0.15, 0.2) is 10.9 Å². The summed E-state index contributed by atoms with van der Waals surface area (Å²) in [5.74, 6) is -1.25. The molecule has 0 radical (unpaired) electrons. The van der Waals surface area contributed by atoms with Crippen LogP contribution in [0.3, 0.4) is 0 Å². The van der Waals surface area contributed by atoms with Crippen molar-refractivity contribution in [2.45, 2.75) is 13.5 Å². The standard InChI is InChI=1S/C11H15ClN2O3/c1-7-9(12)6-8(11(16)17)10(15)14(7)5-4-13(2)3/h6H,4-5H2,1-3H3,(H,16,17). The number of nitrogens with zero attached hydrogens (tertiary/aromatic N) is 2. The smallest absolute Gasteiger partial charge is 0.341 e. The molecule has 0 saturated heterocycles. The van der Waals surface area contributed by atoms with Crippen molar-refractivity contribution >= 4 is 17.6 Å². The molecule has 94 valence electrons. The van der Waals surface area contributed by atoms with E-state index in [1.807, 2.05) is 19.0 Å². The largest absolute Gasteiger partial charge is 0.477 e. The van der Waals surface area contributed by atoms with Crippen molar-refractivity contribution < 1.29 is 9.90 Å². The summed E-state index contributed by atoms with van der Waals surface area (Å²) >= 11 is 5.91. The van der Waals surface area contributed by atoms with Crippen LogP contribution in [0.4, 0.5) is 0 Å². The number of hydrogen-bond acceptors (Lipinski definition) is 3. The number of likely N-dealkylation sites (N-methyl/N-ethyl adjacent to an activating group) is 1. The Balaban J connectivity index is 3.27. The van der Waals surface area contributed by atoms with E-state index in [1.54, 1.807) is 6.92 Å². The predicted molar refractivity (Wildman–Crippen MR) is 66.0 cm³/mol. The van der Waals surface area contributed by atoms with Gasteiger partial charge in [-0.2, -0.15) is 0 Å². The first-order valence-electron chi connectivity index (χ1n) is 5.12. The Bertz CT molecular complexity index is 494. The summed E-state index contributed by atoms with van der Waals surface area (Å²) in [4.78, 5) is 24.7. The third-order valence-electron chi connectivity index (χ3n) is 2.50. The summed E-state index contributed by atoms with van der Waals surface area (Å²) < 4.78 is 1.39. The Labute approximate surface area is 104 Å². The van der Waals surface area contributed by atoms with Crippen molar-refractivity contribution in [2.75, 3.05) is 20.6 Å². The molecule has 0 bridgehead atoms. The molecule has 6 heteroatoms. The molecule has 1 rings (SSSR count). The number of carbonyl (C=O) groups is 1. The van der Waals surface area contributed by atoms with Crippen LogP contribution in [0.1, 0.15) is 16.1 Å². The molecule has 1 N–H and O–H groups in total. The van der Waals surface area contributed by atoms with Crippen molar-refractivity contribution in [3.63, 3.8) is 0 Å². The van der Waals surface area contributed by atoms with Gasteiger partial charge >= 0.3 is 5.97 Å². The lowest BCUT2D eigenvalue weighted by Crippen LogP contribution is -2.31.